The highest BCUT2D eigenvalue weighted by molar-refractivity contribution is 5.85. The molecule has 17 heavy (non-hydrogen) atoms. The van der Waals surface area contributed by atoms with E-state index in [9.17, 15) is 9.59 Å². The van der Waals surface area contributed by atoms with E-state index in [1.54, 1.807) is 34.7 Å². The minimum absolute atomic E-state index is 0.271. The van der Waals surface area contributed by atoms with Crippen LogP contribution in [0, 0.1) is 0 Å². The molecule has 5 heteroatoms. The molecular formula is C12H20N2O3. The molecule has 0 aromatic carbocycles. The van der Waals surface area contributed by atoms with Crippen molar-refractivity contribution in [3.8, 4) is 0 Å². The van der Waals surface area contributed by atoms with Crippen LogP contribution in [0.15, 0.2) is 18.5 Å². The zero-order valence-corrected chi connectivity index (χ0v) is 11.0. The van der Waals surface area contributed by atoms with Gasteiger partial charge in [0.1, 0.15) is 11.6 Å². The number of carbonyl (C=O) groups is 2. The molecule has 0 fully saturated rings. The van der Waals surface area contributed by atoms with Gasteiger partial charge in [-0.3, -0.25) is 4.79 Å². The second kappa shape index (κ2) is 6.11. The Bertz CT molecular complexity index is 338. The van der Waals surface area contributed by atoms with Crippen molar-refractivity contribution in [2.24, 2.45) is 0 Å². The van der Waals surface area contributed by atoms with E-state index in [0.29, 0.717) is 0 Å². The Hall–Kier alpha value is -1.74. The zero-order valence-electron chi connectivity index (χ0n) is 11.0. The lowest BCUT2D eigenvalue weighted by Crippen LogP contribution is -2.45. The van der Waals surface area contributed by atoms with E-state index in [2.05, 4.69) is 17.6 Å². The Balaban J connectivity index is 4.35. The van der Waals surface area contributed by atoms with Gasteiger partial charge in [0, 0.05) is 13.2 Å². The van der Waals surface area contributed by atoms with E-state index in [-0.39, 0.29) is 5.91 Å². The van der Waals surface area contributed by atoms with Gasteiger partial charge < -0.3 is 15.0 Å². The molecule has 0 aromatic heterocycles. The van der Waals surface area contributed by atoms with Gasteiger partial charge in [0.25, 0.3) is 0 Å². The van der Waals surface area contributed by atoms with E-state index < -0.39 is 17.7 Å². The summed E-state index contributed by atoms with van der Waals surface area (Å²) in [6.45, 7) is 10.2. The molecule has 0 rings (SSSR count). The van der Waals surface area contributed by atoms with E-state index >= 15 is 0 Å². The zero-order chi connectivity index (χ0) is 13.6. The summed E-state index contributed by atoms with van der Waals surface area (Å²) in [4.78, 5) is 24.4. The molecule has 1 N–H and O–H groups in total. The molecule has 0 aromatic rings. The molecule has 1 atom stereocenters. The number of nitrogens with zero attached hydrogens (tertiary/aromatic N) is 1. The fourth-order valence-corrected chi connectivity index (χ4v) is 1.05. The number of amides is 2. The highest BCUT2D eigenvalue weighted by Crippen LogP contribution is 2.06. The summed E-state index contributed by atoms with van der Waals surface area (Å²) in [5.41, 5.74) is 1.90. The molecule has 0 saturated heterocycles. The van der Waals surface area contributed by atoms with Crippen molar-refractivity contribution in [2.75, 3.05) is 7.05 Å². The van der Waals surface area contributed by atoms with Gasteiger partial charge in [0.15, 0.2) is 0 Å². The SMILES string of the molecule is C=C=CN(C)C(=O)C(C)NC(=O)OC(C)(C)C. The van der Waals surface area contributed by atoms with Crippen molar-refractivity contribution in [1.82, 2.24) is 10.2 Å². The number of hydrogen-bond donors (Lipinski definition) is 1. The fourth-order valence-electron chi connectivity index (χ4n) is 1.05. The number of alkyl carbamates (subject to hydrolysis) is 1. The van der Waals surface area contributed by atoms with Gasteiger partial charge in [-0.1, -0.05) is 6.58 Å². The summed E-state index contributed by atoms with van der Waals surface area (Å²) in [6.07, 6.45) is 0.782. The average Bonchev–Trinajstić information content (AvgIpc) is 2.13. The van der Waals surface area contributed by atoms with Crippen molar-refractivity contribution in [3.05, 3.63) is 18.5 Å². The summed E-state index contributed by atoms with van der Waals surface area (Å²) >= 11 is 0. The van der Waals surface area contributed by atoms with Gasteiger partial charge in [0.05, 0.1) is 0 Å². The molecule has 0 aliphatic heterocycles. The third kappa shape index (κ3) is 6.43. The van der Waals surface area contributed by atoms with Crippen LogP contribution in [0.1, 0.15) is 27.7 Å². The first-order valence-electron chi connectivity index (χ1n) is 5.29. The highest BCUT2D eigenvalue weighted by atomic mass is 16.6. The predicted octanol–water partition coefficient (Wildman–Crippen LogP) is 1.66. The number of carbonyl (C=O) groups excluding carboxylic acids is 2. The largest absolute Gasteiger partial charge is 0.444 e. The maximum atomic E-state index is 11.7. The standard InChI is InChI=1S/C12H20N2O3/c1-7-8-14(6)10(15)9(2)13-11(16)17-12(3,4)5/h8-9H,1H2,2-6H3,(H,13,16). The van der Waals surface area contributed by atoms with E-state index in [1.165, 1.54) is 11.1 Å². The second-order valence-corrected chi connectivity index (χ2v) is 4.65. The molecule has 0 spiro atoms. The quantitative estimate of drug-likeness (QED) is 0.763. The van der Waals surface area contributed by atoms with Crippen LogP contribution in [0.2, 0.25) is 0 Å². The second-order valence-electron chi connectivity index (χ2n) is 4.65. The Morgan fingerprint density at radius 1 is 1.47 bits per heavy atom. The first-order chi connectivity index (χ1) is 7.67. The highest BCUT2D eigenvalue weighted by Gasteiger charge is 2.22. The molecule has 0 radical (unpaired) electrons. The van der Waals surface area contributed by atoms with E-state index in [0.717, 1.165) is 0 Å². The Morgan fingerprint density at radius 3 is 2.41 bits per heavy atom. The van der Waals surface area contributed by atoms with Crippen molar-refractivity contribution in [3.63, 3.8) is 0 Å². The summed E-state index contributed by atoms with van der Waals surface area (Å²) in [5, 5.41) is 2.45. The molecule has 0 heterocycles. The first kappa shape index (κ1) is 15.3. The van der Waals surface area contributed by atoms with Crippen molar-refractivity contribution >= 4 is 12.0 Å². The average molecular weight is 240 g/mol. The Morgan fingerprint density at radius 2 is 2.00 bits per heavy atom. The molecule has 0 aliphatic carbocycles. The molecule has 1 unspecified atom stereocenters. The van der Waals surface area contributed by atoms with Gasteiger partial charge in [-0.25, -0.2) is 4.79 Å². The summed E-state index contributed by atoms with van der Waals surface area (Å²) in [7, 11) is 1.56. The number of ether oxygens (including phenoxy) is 1. The van der Waals surface area contributed by atoms with Gasteiger partial charge >= 0.3 is 6.09 Å². The predicted molar refractivity (Wildman–Crippen MR) is 65.3 cm³/mol. The third-order valence-electron chi connectivity index (χ3n) is 1.74. The van der Waals surface area contributed by atoms with Crippen LogP contribution in [-0.2, 0) is 9.53 Å². The summed E-state index contributed by atoms with van der Waals surface area (Å²) in [5.74, 6) is -0.271. The van der Waals surface area contributed by atoms with Crippen LogP contribution >= 0.6 is 0 Å². The molecule has 5 nitrogen and oxygen atoms in total. The van der Waals surface area contributed by atoms with Gasteiger partial charge in [-0.05, 0) is 27.7 Å². The smallest absolute Gasteiger partial charge is 0.408 e. The van der Waals surface area contributed by atoms with Crippen LogP contribution < -0.4 is 5.32 Å². The van der Waals surface area contributed by atoms with Crippen LogP contribution in [0.3, 0.4) is 0 Å². The molecular weight excluding hydrogens is 220 g/mol. The molecule has 96 valence electrons. The lowest BCUT2D eigenvalue weighted by Gasteiger charge is -2.22. The Labute approximate surface area is 102 Å². The van der Waals surface area contributed by atoms with Gasteiger partial charge in [-0.2, -0.15) is 0 Å². The minimum Gasteiger partial charge on any atom is -0.444 e. The number of nitrogens with one attached hydrogen (secondary N) is 1. The minimum atomic E-state index is -0.667. The molecule has 2 amide bonds. The topological polar surface area (TPSA) is 58.6 Å². The third-order valence-corrected chi connectivity index (χ3v) is 1.74. The normalized spacial score (nSPS) is 12.1. The van der Waals surface area contributed by atoms with Crippen LogP contribution in [0.5, 0.6) is 0 Å². The molecule has 0 saturated carbocycles. The van der Waals surface area contributed by atoms with Crippen LogP contribution in [-0.4, -0.2) is 35.6 Å². The first-order valence-corrected chi connectivity index (χ1v) is 5.29. The molecule has 0 bridgehead atoms. The van der Waals surface area contributed by atoms with Gasteiger partial charge in [0.2, 0.25) is 5.91 Å². The van der Waals surface area contributed by atoms with E-state index in [4.69, 9.17) is 4.74 Å². The van der Waals surface area contributed by atoms with E-state index in [1.807, 2.05) is 0 Å². The van der Waals surface area contributed by atoms with Crippen molar-refractivity contribution in [1.29, 1.82) is 0 Å². The van der Waals surface area contributed by atoms with Gasteiger partial charge in [-0.15, -0.1) is 5.73 Å². The maximum absolute atomic E-state index is 11.7. The molecule has 0 aliphatic rings. The Kier molecular flexibility index (Phi) is 5.48. The lowest BCUT2D eigenvalue weighted by molar-refractivity contribution is -0.129. The van der Waals surface area contributed by atoms with Crippen LogP contribution in [0.25, 0.3) is 0 Å². The fraction of sp³-hybridized carbons (Fsp3) is 0.583. The lowest BCUT2D eigenvalue weighted by atomic mass is 10.2. The number of rotatable bonds is 3. The maximum Gasteiger partial charge on any atom is 0.408 e. The van der Waals surface area contributed by atoms with Crippen LogP contribution in [0.4, 0.5) is 4.79 Å². The monoisotopic (exact) mass is 240 g/mol. The summed E-state index contributed by atoms with van der Waals surface area (Å²) < 4.78 is 5.04. The van der Waals surface area contributed by atoms with Crippen molar-refractivity contribution < 1.29 is 14.3 Å². The summed E-state index contributed by atoms with van der Waals surface area (Å²) in [6, 6.07) is -0.667. The number of likely N-dealkylation sites (N-methyl/N-ethyl adjacent to an activating group) is 1. The number of hydrogen-bond acceptors (Lipinski definition) is 3. The van der Waals surface area contributed by atoms with Crippen molar-refractivity contribution in [2.45, 2.75) is 39.3 Å².